The van der Waals surface area contributed by atoms with Gasteiger partial charge in [-0.1, -0.05) is 41.6 Å². The minimum absolute atomic E-state index is 0.0930. The topological polar surface area (TPSA) is 64.1 Å². The van der Waals surface area contributed by atoms with Gasteiger partial charge in [0, 0.05) is 11.3 Å². The van der Waals surface area contributed by atoms with Gasteiger partial charge in [0.25, 0.3) is 0 Å². The molecule has 26 heavy (non-hydrogen) atoms. The fourth-order valence-corrected chi connectivity index (χ4v) is 2.90. The van der Waals surface area contributed by atoms with Crippen LogP contribution in [-0.2, 0) is 4.79 Å². The van der Waals surface area contributed by atoms with E-state index in [1.165, 1.54) is 17.3 Å². The van der Waals surface area contributed by atoms with Crippen LogP contribution in [0.25, 0.3) is 11.3 Å². The molecule has 0 radical (unpaired) electrons. The zero-order chi connectivity index (χ0) is 18.4. The lowest BCUT2D eigenvalue weighted by Gasteiger charge is -2.06. The zero-order valence-electron chi connectivity index (χ0n) is 14.6. The summed E-state index contributed by atoms with van der Waals surface area (Å²) in [5.74, 6) is 0.927. The van der Waals surface area contributed by atoms with Gasteiger partial charge in [-0.15, -0.1) is 10.2 Å². The summed E-state index contributed by atoms with van der Waals surface area (Å²) in [4.78, 5) is 12.0. The number of benzene rings is 2. The van der Waals surface area contributed by atoms with E-state index in [0.717, 1.165) is 22.7 Å². The molecular weight excluding hydrogens is 346 g/mol. The molecule has 0 atom stereocenters. The molecule has 0 bridgehead atoms. The summed E-state index contributed by atoms with van der Waals surface area (Å²) in [5, 5.41) is 12.0. The van der Waals surface area contributed by atoms with Gasteiger partial charge in [-0.3, -0.25) is 4.79 Å². The standard InChI is InChI=1S/C20H19N3O2S/c1-14-3-5-15(6-4-14)18-11-12-20(23-22-18)26-13-19(24)21-16-7-9-17(25-2)10-8-16/h3-12H,13H2,1-2H3,(H,21,24). The van der Waals surface area contributed by atoms with E-state index in [1.807, 2.05) is 43.3 Å². The van der Waals surface area contributed by atoms with Gasteiger partial charge in [0.1, 0.15) is 10.8 Å². The molecule has 132 valence electrons. The number of hydrogen-bond donors (Lipinski definition) is 1. The Balaban J connectivity index is 1.53. The highest BCUT2D eigenvalue weighted by Crippen LogP contribution is 2.21. The first-order chi connectivity index (χ1) is 12.6. The Morgan fingerprint density at radius 1 is 1.00 bits per heavy atom. The third kappa shape index (κ3) is 4.83. The third-order valence-corrected chi connectivity index (χ3v) is 4.63. The SMILES string of the molecule is COc1ccc(NC(=O)CSc2ccc(-c3ccc(C)cc3)nn2)cc1. The van der Waals surface area contributed by atoms with Crippen LogP contribution < -0.4 is 10.1 Å². The number of methoxy groups -OCH3 is 1. The Labute approximate surface area is 156 Å². The van der Waals surface area contributed by atoms with E-state index in [1.54, 1.807) is 31.4 Å². The van der Waals surface area contributed by atoms with Crippen molar-refractivity contribution in [3.63, 3.8) is 0 Å². The smallest absolute Gasteiger partial charge is 0.234 e. The molecule has 0 fully saturated rings. The van der Waals surface area contributed by atoms with Crippen LogP contribution in [0.2, 0.25) is 0 Å². The molecule has 0 saturated carbocycles. The Morgan fingerprint density at radius 3 is 2.35 bits per heavy atom. The van der Waals surface area contributed by atoms with Crippen LogP contribution in [0.5, 0.6) is 5.75 Å². The lowest BCUT2D eigenvalue weighted by atomic mass is 10.1. The van der Waals surface area contributed by atoms with Crippen molar-refractivity contribution in [2.75, 3.05) is 18.2 Å². The number of amides is 1. The Morgan fingerprint density at radius 2 is 1.73 bits per heavy atom. The highest BCUT2D eigenvalue weighted by molar-refractivity contribution is 7.99. The minimum Gasteiger partial charge on any atom is -0.497 e. The quantitative estimate of drug-likeness (QED) is 0.664. The number of nitrogens with zero attached hydrogens (tertiary/aromatic N) is 2. The summed E-state index contributed by atoms with van der Waals surface area (Å²) < 4.78 is 5.09. The van der Waals surface area contributed by atoms with Crippen molar-refractivity contribution >= 4 is 23.4 Å². The number of nitrogens with one attached hydrogen (secondary N) is 1. The molecule has 1 aromatic heterocycles. The molecule has 0 aliphatic heterocycles. The van der Waals surface area contributed by atoms with Crippen LogP contribution in [0.4, 0.5) is 5.69 Å². The first-order valence-electron chi connectivity index (χ1n) is 8.11. The monoisotopic (exact) mass is 365 g/mol. The Bertz CT molecular complexity index is 863. The lowest BCUT2D eigenvalue weighted by Crippen LogP contribution is -2.14. The molecule has 1 amide bonds. The van der Waals surface area contributed by atoms with Crippen molar-refractivity contribution in [3.8, 4) is 17.0 Å². The summed E-state index contributed by atoms with van der Waals surface area (Å²) in [6, 6.07) is 19.1. The van der Waals surface area contributed by atoms with Gasteiger partial charge in [-0.2, -0.15) is 0 Å². The first-order valence-corrected chi connectivity index (χ1v) is 9.10. The molecule has 1 heterocycles. The number of carbonyl (C=O) groups excluding carboxylic acids is 1. The number of ether oxygens (including phenoxy) is 1. The summed E-state index contributed by atoms with van der Waals surface area (Å²) in [5.41, 5.74) is 3.78. The summed E-state index contributed by atoms with van der Waals surface area (Å²) in [6.45, 7) is 2.05. The lowest BCUT2D eigenvalue weighted by molar-refractivity contribution is -0.113. The maximum Gasteiger partial charge on any atom is 0.234 e. The van der Waals surface area contributed by atoms with Gasteiger partial charge in [-0.25, -0.2) is 0 Å². The van der Waals surface area contributed by atoms with Gasteiger partial charge in [0.05, 0.1) is 18.6 Å². The van der Waals surface area contributed by atoms with Crippen LogP contribution in [-0.4, -0.2) is 29.0 Å². The van der Waals surface area contributed by atoms with Crippen molar-refractivity contribution < 1.29 is 9.53 Å². The number of carbonyl (C=O) groups is 1. The number of rotatable bonds is 6. The van der Waals surface area contributed by atoms with E-state index in [9.17, 15) is 4.79 Å². The highest BCUT2D eigenvalue weighted by Gasteiger charge is 2.06. The number of hydrogen-bond acceptors (Lipinski definition) is 5. The molecule has 2 aromatic carbocycles. The number of aryl methyl sites for hydroxylation is 1. The fraction of sp³-hybridized carbons (Fsp3) is 0.150. The van der Waals surface area contributed by atoms with E-state index < -0.39 is 0 Å². The number of anilines is 1. The highest BCUT2D eigenvalue weighted by atomic mass is 32.2. The Hall–Kier alpha value is -2.86. The van der Waals surface area contributed by atoms with Crippen LogP contribution in [0.15, 0.2) is 65.7 Å². The number of aromatic nitrogens is 2. The minimum atomic E-state index is -0.0930. The summed E-state index contributed by atoms with van der Waals surface area (Å²) in [6.07, 6.45) is 0. The molecule has 0 aliphatic carbocycles. The van der Waals surface area contributed by atoms with Gasteiger partial charge >= 0.3 is 0 Å². The van der Waals surface area contributed by atoms with E-state index in [4.69, 9.17) is 4.74 Å². The van der Waals surface area contributed by atoms with E-state index in [-0.39, 0.29) is 11.7 Å². The average Bonchev–Trinajstić information content (AvgIpc) is 2.68. The molecule has 5 nitrogen and oxygen atoms in total. The molecule has 0 aliphatic rings. The molecule has 0 spiro atoms. The van der Waals surface area contributed by atoms with Crippen LogP contribution in [0.3, 0.4) is 0 Å². The van der Waals surface area contributed by atoms with Crippen LogP contribution >= 0.6 is 11.8 Å². The normalized spacial score (nSPS) is 10.4. The second-order valence-electron chi connectivity index (χ2n) is 5.69. The molecule has 0 saturated heterocycles. The molecule has 3 rings (SSSR count). The van der Waals surface area contributed by atoms with E-state index >= 15 is 0 Å². The summed E-state index contributed by atoms with van der Waals surface area (Å²) in [7, 11) is 1.61. The summed E-state index contributed by atoms with van der Waals surface area (Å²) >= 11 is 1.35. The predicted octanol–water partition coefficient (Wildman–Crippen LogP) is 4.19. The van der Waals surface area contributed by atoms with Crippen LogP contribution in [0.1, 0.15) is 5.56 Å². The maximum atomic E-state index is 12.0. The van der Waals surface area contributed by atoms with Crippen molar-refractivity contribution in [2.24, 2.45) is 0 Å². The molecule has 3 aromatic rings. The number of thioether (sulfide) groups is 1. The van der Waals surface area contributed by atoms with Crippen LogP contribution in [0, 0.1) is 6.92 Å². The molecule has 0 unspecified atom stereocenters. The molecule has 1 N–H and O–H groups in total. The second-order valence-corrected chi connectivity index (χ2v) is 6.68. The Kier molecular flexibility index (Phi) is 5.86. The van der Waals surface area contributed by atoms with Gasteiger partial charge < -0.3 is 10.1 Å². The van der Waals surface area contributed by atoms with Crippen molar-refractivity contribution in [1.29, 1.82) is 0 Å². The second kappa shape index (κ2) is 8.49. The van der Waals surface area contributed by atoms with Crippen molar-refractivity contribution in [3.05, 3.63) is 66.2 Å². The zero-order valence-corrected chi connectivity index (χ0v) is 15.4. The first kappa shape index (κ1) is 17.9. The van der Waals surface area contributed by atoms with Gasteiger partial charge in [0.2, 0.25) is 5.91 Å². The molecular formula is C20H19N3O2S. The average molecular weight is 365 g/mol. The van der Waals surface area contributed by atoms with Gasteiger partial charge in [0.15, 0.2) is 0 Å². The van der Waals surface area contributed by atoms with Crippen molar-refractivity contribution in [1.82, 2.24) is 10.2 Å². The third-order valence-electron chi connectivity index (χ3n) is 3.71. The van der Waals surface area contributed by atoms with Gasteiger partial charge in [-0.05, 0) is 43.3 Å². The van der Waals surface area contributed by atoms with E-state index in [2.05, 4.69) is 15.5 Å². The molecule has 6 heteroatoms. The predicted molar refractivity (Wildman–Crippen MR) is 105 cm³/mol. The largest absolute Gasteiger partial charge is 0.497 e. The fourth-order valence-electron chi connectivity index (χ4n) is 2.29. The van der Waals surface area contributed by atoms with Crippen molar-refractivity contribution in [2.45, 2.75) is 11.9 Å². The van der Waals surface area contributed by atoms with E-state index in [0.29, 0.717) is 5.03 Å². The maximum absolute atomic E-state index is 12.0.